The van der Waals surface area contributed by atoms with Crippen LogP contribution in [-0.2, 0) is 4.79 Å². The van der Waals surface area contributed by atoms with Crippen LogP contribution in [0.3, 0.4) is 0 Å². The van der Waals surface area contributed by atoms with E-state index in [1.165, 1.54) is 4.90 Å². The van der Waals surface area contributed by atoms with Gasteiger partial charge in [-0.15, -0.1) is 0 Å². The van der Waals surface area contributed by atoms with Gasteiger partial charge in [-0.05, 0) is 26.4 Å². The van der Waals surface area contributed by atoms with E-state index in [0.29, 0.717) is 6.54 Å². The van der Waals surface area contributed by atoms with Crippen molar-refractivity contribution in [3.8, 4) is 0 Å². The zero-order chi connectivity index (χ0) is 14.4. The Morgan fingerprint density at radius 2 is 1.89 bits per heavy atom. The molecule has 0 saturated heterocycles. The monoisotopic (exact) mass is 269 g/mol. The Morgan fingerprint density at radius 1 is 1.33 bits per heavy atom. The van der Waals surface area contributed by atoms with Crippen molar-refractivity contribution in [3.05, 3.63) is 0 Å². The fourth-order valence-corrected chi connectivity index (χ4v) is 1.67. The topological polar surface area (TPSA) is 58.4 Å². The fraction of sp³-hybridized carbons (Fsp3) is 0.909. The van der Waals surface area contributed by atoms with Crippen LogP contribution in [-0.4, -0.2) is 48.7 Å². The van der Waals surface area contributed by atoms with Crippen LogP contribution in [0.4, 0.5) is 13.2 Å². The van der Waals surface area contributed by atoms with Gasteiger partial charge in [0, 0.05) is 6.54 Å². The van der Waals surface area contributed by atoms with E-state index in [0.717, 1.165) is 0 Å². The van der Waals surface area contributed by atoms with Crippen LogP contribution in [0.2, 0.25) is 0 Å². The predicted octanol–water partition coefficient (Wildman–Crippen LogP) is 1.11. The molecule has 0 fully saturated rings. The summed E-state index contributed by atoms with van der Waals surface area (Å²) in [5.41, 5.74) is 4.31. The van der Waals surface area contributed by atoms with Crippen molar-refractivity contribution >= 4 is 5.91 Å². The van der Waals surface area contributed by atoms with Crippen LogP contribution >= 0.6 is 0 Å². The van der Waals surface area contributed by atoms with E-state index < -0.39 is 24.2 Å². The molecule has 0 heterocycles. The fourth-order valence-electron chi connectivity index (χ4n) is 1.67. The van der Waals surface area contributed by atoms with Crippen molar-refractivity contribution in [2.75, 3.05) is 26.2 Å². The number of amides is 1. The molecule has 7 heteroatoms. The van der Waals surface area contributed by atoms with E-state index >= 15 is 0 Å². The van der Waals surface area contributed by atoms with E-state index in [-0.39, 0.29) is 19.5 Å². The van der Waals surface area contributed by atoms with E-state index in [4.69, 9.17) is 5.73 Å². The molecule has 0 aliphatic carbocycles. The largest absolute Gasteiger partial charge is 0.401 e. The van der Waals surface area contributed by atoms with Crippen LogP contribution in [0, 0.1) is 0 Å². The van der Waals surface area contributed by atoms with E-state index in [1.54, 1.807) is 13.8 Å². The Bertz CT molecular complexity index is 271. The SMILES string of the molecule is CCNC(C)(CCN(CC)CC(F)(F)F)C(N)=O. The van der Waals surface area contributed by atoms with Crippen molar-refractivity contribution in [2.45, 2.75) is 38.9 Å². The molecule has 1 atom stereocenters. The molecule has 0 aromatic carbocycles. The Kier molecular flexibility index (Phi) is 6.62. The molecule has 0 rings (SSSR count). The van der Waals surface area contributed by atoms with Crippen LogP contribution in [0.25, 0.3) is 0 Å². The highest BCUT2D eigenvalue weighted by molar-refractivity contribution is 5.84. The van der Waals surface area contributed by atoms with Crippen molar-refractivity contribution in [1.82, 2.24) is 10.2 Å². The first kappa shape index (κ1) is 17.2. The lowest BCUT2D eigenvalue weighted by molar-refractivity contribution is -0.146. The van der Waals surface area contributed by atoms with Crippen LogP contribution in [0.1, 0.15) is 27.2 Å². The zero-order valence-corrected chi connectivity index (χ0v) is 11.1. The molecule has 0 aliphatic heterocycles. The summed E-state index contributed by atoms with van der Waals surface area (Å²) in [6, 6.07) is 0. The molecule has 18 heavy (non-hydrogen) atoms. The average molecular weight is 269 g/mol. The number of alkyl halides is 3. The van der Waals surface area contributed by atoms with Gasteiger partial charge in [0.15, 0.2) is 0 Å². The van der Waals surface area contributed by atoms with Gasteiger partial charge in [0.2, 0.25) is 5.91 Å². The van der Waals surface area contributed by atoms with Crippen LogP contribution in [0.5, 0.6) is 0 Å². The van der Waals surface area contributed by atoms with Gasteiger partial charge in [0.1, 0.15) is 0 Å². The van der Waals surface area contributed by atoms with Crippen molar-refractivity contribution in [3.63, 3.8) is 0 Å². The summed E-state index contributed by atoms with van der Waals surface area (Å²) in [7, 11) is 0. The van der Waals surface area contributed by atoms with E-state index in [2.05, 4.69) is 5.32 Å². The Balaban J connectivity index is 4.45. The number of likely N-dealkylation sites (N-methyl/N-ethyl adjacent to an activating group) is 1. The quantitative estimate of drug-likeness (QED) is 0.694. The molecule has 0 aliphatic rings. The van der Waals surface area contributed by atoms with E-state index in [1.807, 2.05) is 6.92 Å². The minimum atomic E-state index is -4.22. The molecule has 0 spiro atoms. The summed E-state index contributed by atoms with van der Waals surface area (Å²) in [5.74, 6) is -0.549. The maximum absolute atomic E-state index is 12.3. The van der Waals surface area contributed by atoms with Crippen molar-refractivity contribution in [2.24, 2.45) is 5.73 Å². The third-order valence-corrected chi connectivity index (χ3v) is 2.89. The molecule has 4 nitrogen and oxygen atoms in total. The second-order valence-electron chi connectivity index (χ2n) is 4.46. The number of nitrogens with two attached hydrogens (primary N) is 1. The van der Waals surface area contributed by atoms with Crippen molar-refractivity contribution < 1.29 is 18.0 Å². The molecule has 0 bridgehead atoms. The molecule has 3 N–H and O–H groups in total. The molecule has 0 aromatic heterocycles. The zero-order valence-electron chi connectivity index (χ0n) is 11.1. The molecule has 0 radical (unpaired) electrons. The van der Waals surface area contributed by atoms with Crippen LogP contribution < -0.4 is 11.1 Å². The highest BCUT2D eigenvalue weighted by Gasteiger charge is 2.33. The number of hydrogen-bond donors (Lipinski definition) is 2. The highest BCUT2D eigenvalue weighted by Crippen LogP contribution is 2.18. The standard InChI is InChI=1S/C11H22F3N3O/c1-4-16-10(3,9(15)18)6-7-17(5-2)8-11(12,13)14/h16H,4-8H2,1-3H3,(H2,15,18). The number of hydrogen-bond acceptors (Lipinski definition) is 3. The number of nitrogens with one attached hydrogen (secondary N) is 1. The summed E-state index contributed by atoms with van der Waals surface area (Å²) in [5, 5.41) is 2.92. The lowest BCUT2D eigenvalue weighted by Gasteiger charge is -2.30. The number of rotatable bonds is 8. The minimum Gasteiger partial charge on any atom is -0.368 e. The number of primary amides is 1. The smallest absolute Gasteiger partial charge is 0.368 e. The summed E-state index contributed by atoms with van der Waals surface area (Å²) in [6.45, 7) is 5.09. The molecular formula is C11H22F3N3O. The average Bonchev–Trinajstić information content (AvgIpc) is 2.22. The first-order valence-electron chi connectivity index (χ1n) is 5.98. The summed E-state index contributed by atoms with van der Waals surface area (Å²) in [6.07, 6.45) is -3.97. The summed E-state index contributed by atoms with van der Waals surface area (Å²) >= 11 is 0. The number of carbonyl (C=O) groups excluding carboxylic acids is 1. The minimum absolute atomic E-state index is 0.169. The van der Waals surface area contributed by atoms with Gasteiger partial charge in [-0.25, -0.2) is 0 Å². The van der Waals surface area contributed by atoms with Gasteiger partial charge < -0.3 is 11.1 Å². The summed E-state index contributed by atoms with van der Waals surface area (Å²) in [4.78, 5) is 12.6. The van der Waals surface area contributed by atoms with Gasteiger partial charge in [0.05, 0.1) is 12.1 Å². The third kappa shape index (κ3) is 6.20. The molecule has 1 unspecified atom stereocenters. The highest BCUT2D eigenvalue weighted by atomic mass is 19.4. The van der Waals surface area contributed by atoms with Crippen molar-refractivity contribution in [1.29, 1.82) is 0 Å². The van der Waals surface area contributed by atoms with Crippen LogP contribution in [0.15, 0.2) is 0 Å². The lowest BCUT2D eigenvalue weighted by atomic mass is 9.96. The van der Waals surface area contributed by atoms with Gasteiger partial charge in [-0.2, -0.15) is 13.2 Å². The number of carbonyl (C=O) groups is 1. The lowest BCUT2D eigenvalue weighted by Crippen LogP contribution is -2.54. The van der Waals surface area contributed by atoms with Gasteiger partial charge in [-0.1, -0.05) is 13.8 Å². The maximum atomic E-state index is 12.3. The first-order valence-corrected chi connectivity index (χ1v) is 5.98. The second-order valence-corrected chi connectivity index (χ2v) is 4.46. The Morgan fingerprint density at radius 3 is 2.22 bits per heavy atom. The molecule has 108 valence electrons. The first-order chi connectivity index (χ1) is 8.14. The predicted molar refractivity (Wildman–Crippen MR) is 64.1 cm³/mol. The van der Waals surface area contributed by atoms with E-state index in [9.17, 15) is 18.0 Å². The molecule has 1 amide bonds. The Hall–Kier alpha value is -0.820. The van der Waals surface area contributed by atoms with Gasteiger partial charge >= 0.3 is 6.18 Å². The third-order valence-electron chi connectivity index (χ3n) is 2.89. The number of halogens is 3. The Labute approximate surface area is 106 Å². The molecule has 0 aromatic rings. The summed E-state index contributed by atoms with van der Waals surface area (Å²) < 4.78 is 36.8. The normalized spacial score (nSPS) is 15.7. The van der Waals surface area contributed by atoms with Gasteiger partial charge in [-0.3, -0.25) is 9.69 Å². The number of nitrogens with zero attached hydrogens (tertiary/aromatic N) is 1. The molecule has 0 saturated carbocycles. The second kappa shape index (κ2) is 6.94. The maximum Gasteiger partial charge on any atom is 0.401 e. The van der Waals surface area contributed by atoms with Gasteiger partial charge in [0.25, 0.3) is 0 Å². The molecular weight excluding hydrogens is 247 g/mol.